The van der Waals surface area contributed by atoms with Crippen LogP contribution in [0.4, 0.5) is 4.79 Å². The van der Waals surface area contributed by atoms with E-state index in [2.05, 4.69) is 26.9 Å². The summed E-state index contributed by atoms with van der Waals surface area (Å²) in [5, 5.41) is 21.0. The Morgan fingerprint density at radius 1 is 1.53 bits per heavy atom. The van der Waals surface area contributed by atoms with Crippen LogP contribution in [0.5, 0.6) is 0 Å². The lowest BCUT2D eigenvalue weighted by molar-refractivity contribution is -0.139. The molecular weight excluding hydrogens is 250 g/mol. The monoisotopic (exact) mass is 265 g/mol. The summed E-state index contributed by atoms with van der Waals surface area (Å²) in [6, 6.07) is -1.62. The SMILES string of the molecule is C#CCC(NC(=O)NCCCn1ccnn1)C(=O)O. The lowest BCUT2D eigenvalue weighted by Gasteiger charge is -2.12. The van der Waals surface area contributed by atoms with Crippen molar-refractivity contribution in [1.29, 1.82) is 0 Å². The number of aliphatic carboxylic acids is 1. The molecule has 3 N–H and O–H groups in total. The molecule has 102 valence electrons. The third-order valence-corrected chi connectivity index (χ3v) is 2.25. The number of carbonyl (C=O) groups excluding carboxylic acids is 1. The number of terminal acetylenes is 1. The van der Waals surface area contributed by atoms with Gasteiger partial charge in [0.1, 0.15) is 6.04 Å². The van der Waals surface area contributed by atoms with E-state index in [1.54, 1.807) is 17.1 Å². The molecule has 19 heavy (non-hydrogen) atoms. The number of amides is 2. The van der Waals surface area contributed by atoms with Gasteiger partial charge in [-0.1, -0.05) is 5.21 Å². The van der Waals surface area contributed by atoms with Crippen molar-refractivity contribution in [3.63, 3.8) is 0 Å². The molecule has 0 aliphatic rings. The van der Waals surface area contributed by atoms with Crippen molar-refractivity contribution in [2.24, 2.45) is 0 Å². The van der Waals surface area contributed by atoms with E-state index < -0.39 is 18.0 Å². The maximum atomic E-state index is 11.4. The number of aromatic nitrogens is 3. The minimum absolute atomic E-state index is 0.0539. The average Bonchev–Trinajstić information content (AvgIpc) is 2.87. The topological polar surface area (TPSA) is 109 Å². The van der Waals surface area contributed by atoms with Crippen molar-refractivity contribution >= 4 is 12.0 Å². The van der Waals surface area contributed by atoms with Crippen LogP contribution < -0.4 is 10.6 Å². The highest BCUT2D eigenvalue weighted by Gasteiger charge is 2.18. The van der Waals surface area contributed by atoms with Crippen LogP contribution in [0.25, 0.3) is 0 Å². The zero-order chi connectivity index (χ0) is 14.1. The minimum atomic E-state index is -1.16. The molecule has 8 heteroatoms. The molecule has 1 aromatic rings. The highest BCUT2D eigenvalue weighted by Crippen LogP contribution is 1.91. The van der Waals surface area contributed by atoms with E-state index in [0.29, 0.717) is 19.5 Å². The molecular formula is C11H15N5O3. The van der Waals surface area contributed by atoms with Crippen LogP contribution in [-0.2, 0) is 11.3 Å². The summed E-state index contributed by atoms with van der Waals surface area (Å²) >= 11 is 0. The zero-order valence-corrected chi connectivity index (χ0v) is 10.2. The van der Waals surface area contributed by atoms with Gasteiger partial charge in [-0.3, -0.25) is 4.68 Å². The summed E-state index contributed by atoms with van der Waals surface area (Å²) in [5.74, 6) is 1.04. The standard InChI is InChI=1S/C11H15N5O3/c1-2-4-9(10(17)18)14-11(19)12-5-3-7-16-8-6-13-15-16/h1,6,8-9H,3-5,7H2,(H,17,18)(H2,12,14,19). The Morgan fingerprint density at radius 3 is 2.89 bits per heavy atom. The predicted octanol–water partition coefficient (Wildman–Crippen LogP) is -0.556. The van der Waals surface area contributed by atoms with E-state index in [0.717, 1.165) is 0 Å². The number of carboxylic acid groups (broad SMARTS) is 1. The van der Waals surface area contributed by atoms with Gasteiger partial charge < -0.3 is 15.7 Å². The summed E-state index contributed by atoms with van der Waals surface area (Å²) in [7, 11) is 0. The van der Waals surface area contributed by atoms with E-state index in [1.165, 1.54) is 0 Å². The fourth-order valence-electron chi connectivity index (χ4n) is 1.32. The van der Waals surface area contributed by atoms with Crippen molar-refractivity contribution in [3.8, 4) is 12.3 Å². The van der Waals surface area contributed by atoms with E-state index in [1.807, 2.05) is 0 Å². The van der Waals surface area contributed by atoms with Crippen LogP contribution in [0.3, 0.4) is 0 Å². The van der Waals surface area contributed by atoms with Gasteiger partial charge in [0.05, 0.1) is 6.20 Å². The average molecular weight is 265 g/mol. The third-order valence-electron chi connectivity index (χ3n) is 2.25. The molecule has 0 aliphatic heterocycles. The molecule has 0 saturated heterocycles. The van der Waals surface area contributed by atoms with E-state index in [9.17, 15) is 9.59 Å². The fourth-order valence-corrected chi connectivity index (χ4v) is 1.32. The first-order valence-electron chi connectivity index (χ1n) is 5.68. The molecule has 1 heterocycles. The summed E-state index contributed by atoms with van der Waals surface area (Å²) < 4.78 is 1.64. The summed E-state index contributed by atoms with van der Waals surface area (Å²) in [5.41, 5.74) is 0. The molecule has 0 saturated carbocycles. The Hall–Kier alpha value is -2.56. The van der Waals surface area contributed by atoms with Crippen LogP contribution in [0.2, 0.25) is 0 Å². The van der Waals surface area contributed by atoms with Gasteiger partial charge in [0.2, 0.25) is 0 Å². The molecule has 0 aromatic carbocycles. The second kappa shape index (κ2) is 7.71. The molecule has 2 amide bonds. The van der Waals surface area contributed by atoms with Crippen molar-refractivity contribution in [2.75, 3.05) is 6.54 Å². The van der Waals surface area contributed by atoms with E-state index in [-0.39, 0.29) is 6.42 Å². The number of aryl methyl sites for hydroxylation is 1. The maximum Gasteiger partial charge on any atom is 0.327 e. The molecule has 1 rings (SSSR count). The first-order chi connectivity index (χ1) is 9.13. The molecule has 1 atom stereocenters. The first kappa shape index (κ1) is 14.5. The maximum absolute atomic E-state index is 11.4. The van der Waals surface area contributed by atoms with Crippen LogP contribution in [-0.4, -0.2) is 44.7 Å². The lowest BCUT2D eigenvalue weighted by Crippen LogP contribution is -2.46. The number of nitrogens with one attached hydrogen (secondary N) is 2. The van der Waals surface area contributed by atoms with Gasteiger partial charge in [0.15, 0.2) is 0 Å². The second-order valence-electron chi connectivity index (χ2n) is 3.72. The first-order valence-corrected chi connectivity index (χ1v) is 5.68. The van der Waals surface area contributed by atoms with Crippen LogP contribution in [0.1, 0.15) is 12.8 Å². The molecule has 1 aromatic heterocycles. The minimum Gasteiger partial charge on any atom is -0.480 e. The van der Waals surface area contributed by atoms with Gasteiger partial charge in [-0.2, -0.15) is 0 Å². The van der Waals surface area contributed by atoms with Crippen LogP contribution in [0.15, 0.2) is 12.4 Å². The van der Waals surface area contributed by atoms with Crippen LogP contribution in [0, 0.1) is 12.3 Å². The summed E-state index contributed by atoms with van der Waals surface area (Å²) in [6.07, 6.45) is 8.90. The molecule has 8 nitrogen and oxygen atoms in total. The summed E-state index contributed by atoms with van der Waals surface area (Å²) in [4.78, 5) is 22.2. The highest BCUT2D eigenvalue weighted by molar-refractivity contribution is 5.82. The Labute approximate surface area is 110 Å². The normalized spacial score (nSPS) is 11.3. The van der Waals surface area contributed by atoms with Gasteiger partial charge in [-0.25, -0.2) is 9.59 Å². The Bertz CT molecular complexity index is 451. The quantitative estimate of drug-likeness (QED) is 0.452. The van der Waals surface area contributed by atoms with Crippen molar-refractivity contribution in [1.82, 2.24) is 25.6 Å². The molecule has 0 fully saturated rings. The largest absolute Gasteiger partial charge is 0.480 e. The predicted molar refractivity (Wildman–Crippen MR) is 66.0 cm³/mol. The van der Waals surface area contributed by atoms with Crippen molar-refractivity contribution < 1.29 is 14.7 Å². The van der Waals surface area contributed by atoms with E-state index >= 15 is 0 Å². The van der Waals surface area contributed by atoms with E-state index in [4.69, 9.17) is 11.5 Å². The number of nitrogens with zero attached hydrogens (tertiary/aromatic N) is 3. The number of hydrogen-bond donors (Lipinski definition) is 3. The smallest absolute Gasteiger partial charge is 0.327 e. The fraction of sp³-hybridized carbons (Fsp3) is 0.455. The lowest BCUT2D eigenvalue weighted by atomic mass is 10.2. The van der Waals surface area contributed by atoms with Gasteiger partial charge in [-0.05, 0) is 6.42 Å². The number of hydrogen-bond acceptors (Lipinski definition) is 4. The summed E-state index contributed by atoms with van der Waals surface area (Å²) in [6.45, 7) is 1.01. The number of carbonyl (C=O) groups is 2. The third kappa shape index (κ3) is 5.54. The van der Waals surface area contributed by atoms with Crippen molar-refractivity contribution in [3.05, 3.63) is 12.4 Å². The number of urea groups is 1. The molecule has 0 spiro atoms. The molecule has 1 unspecified atom stereocenters. The molecule has 0 bridgehead atoms. The Balaban J connectivity index is 2.20. The van der Waals surface area contributed by atoms with Gasteiger partial charge in [0, 0.05) is 25.7 Å². The Morgan fingerprint density at radius 2 is 2.32 bits per heavy atom. The second-order valence-corrected chi connectivity index (χ2v) is 3.72. The molecule has 0 radical (unpaired) electrons. The number of carboxylic acids is 1. The Kier molecular flexibility index (Phi) is 5.88. The molecule has 0 aliphatic carbocycles. The highest BCUT2D eigenvalue weighted by atomic mass is 16.4. The van der Waals surface area contributed by atoms with Crippen molar-refractivity contribution in [2.45, 2.75) is 25.4 Å². The van der Waals surface area contributed by atoms with Gasteiger partial charge in [0.25, 0.3) is 0 Å². The van der Waals surface area contributed by atoms with Gasteiger partial charge in [-0.15, -0.1) is 17.4 Å². The zero-order valence-electron chi connectivity index (χ0n) is 10.2. The van der Waals surface area contributed by atoms with Gasteiger partial charge >= 0.3 is 12.0 Å². The van der Waals surface area contributed by atoms with Crippen LogP contribution >= 0.6 is 0 Å². The number of rotatable bonds is 7.